The van der Waals surface area contributed by atoms with Crippen LogP contribution in [0.4, 0.5) is 30.2 Å². The lowest BCUT2D eigenvalue weighted by molar-refractivity contribution is -0.137. The van der Waals surface area contributed by atoms with E-state index in [2.05, 4.69) is 10.2 Å². The van der Waals surface area contributed by atoms with Crippen molar-refractivity contribution in [2.24, 2.45) is 0 Å². The lowest BCUT2D eigenvalue weighted by Gasteiger charge is -2.24. The van der Waals surface area contributed by atoms with Crippen molar-refractivity contribution in [2.75, 3.05) is 40.4 Å². The van der Waals surface area contributed by atoms with Crippen molar-refractivity contribution in [2.45, 2.75) is 19.0 Å². The molecule has 0 bridgehead atoms. The summed E-state index contributed by atoms with van der Waals surface area (Å²) in [6.07, 6.45) is -1.65. The molecule has 1 N–H and O–H groups in total. The highest BCUT2D eigenvalue weighted by Gasteiger charge is 2.33. The Morgan fingerprint density at radius 3 is 2.29 bits per heavy atom. The van der Waals surface area contributed by atoms with Crippen LogP contribution < -0.4 is 14.5 Å². The van der Waals surface area contributed by atoms with Gasteiger partial charge in [-0.2, -0.15) is 13.2 Å². The van der Waals surface area contributed by atoms with E-state index < -0.39 is 39.9 Å². The van der Waals surface area contributed by atoms with Crippen LogP contribution >= 0.6 is 11.6 Å². The molecule has 2 aromatic rings. The van der Waals surface area contributed by atoms with Gasteiger partial charge in [0.15, 0.2) is 0 Å². The second kappa shape index (κ2) is 8.96. The van der Waals surface area contributed by atoms with E-state index in [9.17, 15) is 26.4 Å². The summed E-state index contributed by atoms with van der Waals surface area (Å²) in [4.78, 5) is 14.7. The third kappa shape index (κ3) is 5.82. The number of hydrogen-bond acceptors (Lipinski definition) is 4. The van der Waals surface area contributed by atoms with E-state index in [-0.39, 0.29) is 5.02 Å². The normalized spacial score (nSPS) is 14.5. The van der Waals surface area contributed by atoms with Crippen molar-refractivity contribution >= 4 is 44.6 Å². The first kappa shape index (κ1) is 23.2. The number of rotatable bonds is 6. The summed E-state index contributed by atoms with van der Waals surface area (Å²) in [5.74, 6) is -0.715. The van der Waals surface area contributed by atoms with Gasteiger partial charge in [0.25, 0.3) is 0 Å². The number of benzene rings is 2. The molecule has 1 aliphatic rings. The highest BCUT2D eigenvalue weighted by atomic mass is 35.5. The number of carbonyl (C=O) groups is 1. The average molecular weight is 476 g/mol. The molecular formula is C20H21ClF3N3O3S. The Kier molecular flexibility index (Phi) is 6.70. The van der Waals surface area contributed by atoms with Crippen LogP contribution in [0.3, 0.4) is 0 Å². The van der Waals surface area contributed by atoms with Gasteiger partial charge in [-0.1, -0.05) is 11.6 Å². The Morgan fingerprint density at radius 2 is 1.74 bits per heavy atom. The van der Waals surface area contributed by atoms with E-state index in [0.717, 1.165) is 50.0 Å². The molecule has 1 heterocycles. The zero-order valence-corrected chi connectivity index (χ0v) is 18.2. The van der Waals surface area contributed by atoms with Crippen LogP contribution in [0.2, 0.25) is 5.02 Å². The summed E-state index contributed by atoms with van der Waals surface area (Å²) in [6, 6.07) is 9.38. The molecule has 6 nitrogen and oxygen atoms in total. The van der Waals surface area contributed by atoms with Crippen LogP contribution in [0.1, 0.15) is 18.4 Å². The number of anilines is 3. The third-order valence-corrected chi connectivity index (χ3v) is 6.30. The first-order valence-corrected chi connectivity index (χ1v) is 11.7. The molecule has 31 heavy (non-hydrogen) atoms. The van der Waals surface area contributed by atoms with E-state index in [1.54, 1.807) is 12.1 Å². The zero-order valence-electron chi connectivity index (χ0n) is 16.6. The quantitative estimate of drug-likeness (QED) is 0.674. The average Bonchev–Trinajstić information content (AvgIpc) is 3.20. The van der Waals surface area contributed by atoms with Gasteiger partial charge in [0.05, 0.1) is 22.5 Å². The maximum absolute atomic E-state index is 13.1. The number of sulfonamides is 1. The Labute approximate surface area is 183 Å². The summed E-state index contributed by atoms with van der Waals surface area (Å²) in [5.41, 5.74) is -0.0301. The fourth-order valence-corrected chi connectivity index (χ4v) is 4.45. The van der Waals surface area contributed by atoms with Gasteiger partial charge in [-0.05, 0) is 55.3 Å². The standard InChI is InChI=1S/C20H21ClF3N3O3S/c1-31(29,30)27(18-12-14(20(22,23)24)4-9-17(18)21)13-19(28)25-15-5-7-16(8-6-15)26-10-2-3-11-26/h4-9,12H,2-3,10-11,13H2,1H3,(H,25,28). The summed E-state index contributed by atoms with van der Waals surface area (Å²) in [7, 11) is -4.09. The van der Waals surface area contributed by atoms with Crippen LogP contribution in [0.25, 0.3) is 0 Å². The van der Waals surface area contributed by atoms with Crippen molar-refractivity contribution in [3.8, 4) is 0 Å². The highest BCUT2D eigenvalue weighted by molar-refractivity contribution is 7.92. The molecule has 1 amide bonds. The number of alkyl halides is 3. The van der Waals surface area contributed by atoms with Crippen molar-refractivity contribution in [1.29, 1.82) is 0 Å². The van der Waals surface area contributed by atoms with Gasteiger partial charge >= 0.3 is 6.18 Å². The van der Waals surface area contributed by atoms with Crippen LogP contribution in [0, 0.1) is 0 Å². The molecule has 11 heteroatoms. The molecular weight excluding hydrogens is 455 g/mol. The number of halogens is 4. The highest BCUT2D eigenvalue weighted by Crippen LogP contribution is 2.36. The molecule has 3 rings (SSSR count). The molecule has 0 atom stereocenters. The van der Waals surface area contributed by atoms with Gasteiger partial charge in [0.1, 0.15) is 6.54 Å². The molecule has 0 unspecified atom stereocenters. The molecule has 0 aliphatic carbocycles. The molecule has 1 saturated heterocycles. The second-order valence-electron chi connectivity index (χ2n) is 7.22. The van der Waals surface area contributed by atoms with E-state index in [0.29, 0.717) is 16.1 Å². The van der Waals surface area contributed by atoms with Gasteiger partial charge in [0, 0.05) is 24.5 Å². The fourth-order valence-electron chi connectivity index (χ4n) is 3.32. The Bertz CT molecular complexity index is 1050. The lowest BCUT2D eigenvalue weighted by Crippen LogP contribution is -2.37. The molecule has 0 radical (unpaired) electrons. The smallest absolute Gasteiger partial charge is 0.372 e. The van der Waals surface area contributed by atoms with Crippen LogP contribution in [-0.4, -0.2) is 40.2 Å². The van der Waals surface area contributed by atoms with E-state index in [4.69, 9.17) is 11.6 Å². The molecule has 0 saturated carbocycles. The number of amides is 1. The molecule has 0 aromatic heterocycles. The lowest BCUT2D eigenvalue weighted by atomic mass is 10.2. The largest absolute Gasteiger partial charge is 0.416 e. The van der Waals surface area contributed by atoms with Gasteiger partial charge in [-0.25, -0.2) is 8.42 Å². The van der Waals surface area contributed by atoms with Crippen molar-refractivity contribution < 1.29 is 26.4 Å². The number of carbonyl (C=O) groups excluding carboxylic acids is 1. The van der Waals surface area contributed by atoms with E-state index >= 15 is 0 Å². The van der Waals surface area contributed by atoms with Crippen molar-refractivity contribution in [3.63, 3.8) is 0 Å². The van der Waals surface area contributed by atoms with E-state index in [1.165, 1.54) is 0 Å². The minimum atomic E-state index is -4.69. The minimum Gasteiger partial charge on any atom is -0.372 e. The predicted molar refractivity (Wildman–Crippen MR) is 115 cm³/mol. The molecule has 0 spiro atoms. The Hall–Kier alpha value is -2.46. The number of hydrogen-bond donors (Lipinski definition) is 1. The first-order chi connectivity index (χ1) is 14.4. The van der Waals surface area contributed by atoms with Gasteiger partial charge in [-0.3, -0.25) is 9.10 Å². The Morgan fingerprint density at radius 1 is 1.13 bits per heavy atom. The minimum absolute atomic E-state index is 0.221. The van der Waals surface area contributed by atoms with Gasteiger partial charge in [-0.15, -0.1) is 0 Å². The number of nitrogens with zero attached hydrogens (tertiary/aromatic N) is 2. The van der Waals surface area contributed by atoms with Crippen molar-refractivity contribution in [1.82, 2.24) is 0 Å². The summed E-state index contributed by atoms with van der Waals surface area (Å²) in [6.45, 7) is 1.20. The molecule has 168 valence electrons. The second-order valence-corrected chi connectivity index (χ2v) is 9.54. The van der Waals surface area contributed by atoms with Gasteiger partial charge in [0.2, 0.25) is 15.9 Å². The van der Waals surface area contributed by atoms with Gasteiger partial charge < -0.3 is 10.2 Å². The summed E-state index contributed by atoms with van der Waals surface area (Å²) < 4.78 is 64.2. The maximum Gasteiger partial charge on any atom is 0.416 e. The zero-order chi connectivity index (χ0) is 22.8. The van der Waals surface area contributed by atoms with Crippen molar-refractivity contribution in [3.05, 3.63) is 53.1 Å². The monoisotopic (exact) mass is 475 g/mol. The summed E-state index contributed by atoms with van der Waals surface area (Å²) in [5, 5.41) is 2.35. The van der Waals surface area contributed by atoms with Crippen LogP contribution in [0.15, 0.2) is 42.5 Å². The molecule has 1 fully saturated rings. The topological polar surface area (TPSA) is 69.7 Å². The molecule has 1 aliphatic heterocycles. The SMILES string of the molecule is CS(=O)(=O)N(CC(=O)Nc1ccc(N2CCCC2)cc1)c1cc(C(F)(F)F)ccc1Cl. The van der Waals surface area contributed by atoms with Crippen LogP contribution in [0.5, 0.6) is 0 Å². The predicted octanol–water partition coefficient (Wildman–Crippen LogP) is 4.36. The number of nitrogens with one attached hydrogen (secondary N) is 1. The fraction of sp³-hybridized carbons (Fsp3) is 0.350. The Balaban J connectivity index is 1.78. The van der Waals surface area contributed by atoms with Crippen LogP contribution in [-0.2, 0) is 21.0 Å². The maximum atomic E-state index is 13.1. The molecule has 2 aromatic carbocycles. The van der Waals surface area contributed by atoms with E-state index in [1.807, 2.05) is 12.1 Å². The third-order valence-electron chi connectivity index (χ3n) is 4.85. The summed E-state index contributed by atoms with van der Waals surface area (Å²) >= 11 is 5.96. The first-order valence-electron chi connectivity index (χ1n) is 9.44.